The minimum absolute atomic E-state index is 0.154. The minimum Gasteiger partial charge on any atom is -0.497 e. The molecular weight excluding hydrogens is 481 g/mol. The molecule has 2 amide bonds. The Bertz CT molecular complexity index is 1180. The molecule has 0 fully saturated rings. The van der Waals surface area contributed by atoms with Gasteiger partial charge in [-0.15, -0.1) is 0 Å². The molecule has 34 heavy (non-hydrogen) atoms. The maximum absolute atomic E-state index is 12.0. The first kappa shape index (κ1) is 24.9. The number of nitrogens with zero attached hydrogens (tertiary/aromatic N) is 1. The number of rotatable bonds is 8. The predicted octanol–water partition coefficient (Wildman–Crippen LogP) is 4.68. The Balaban J connectivity index is 1.57. The molecule has 3 aromatic carbocycles. The van der Waals surface area contributed by atoms with Crippen molar-refractivity contribution in [3.05, 3.63) is 81.8 Å². The molecule has 10 heteroatoms. The number of benzene rings is 3. The van der Waals surface area contributed by atoms with Gasteiger partial charge in [0.05, 0.1) is 20.4 Å². The lowest BCUT2D eigenvalue weighted by atomic mass is 10.2. The Hall–Kier alpha value is -3.75. The molecule has 0 saturated carbocycles. The number of carbonyl (C=O) groups is 2. The van der Waals surface area contributed by atoms with Crippen LogP contribution in [-0.4, -0.2) is 32.2 Å². The monoisotopic (exact) mass is 501 g/mol. The smallest absolute Gasteiger partial charge is 0.329 e. The lowest BCUT2D eigenvalue weighted by Gasteiger charge is -2.13. The van der Waals surface area contributed by atoms with E-state index in [4.69, 9.17) is 37.4 Å². The minimum atomic E-state index is -0.921. The lowest BCUT2D eigenvalue weighted by molar-refractivity contribution is -0.136. The zero-order valence-electron chi connectivity index (χ0n) is 18.3. The van der Waals surface area contributed by atoms with Crippen molar-refractivity contribution in [3.63, 3.8) is 0 Å². The van der Waals surface area contributed by atoms with E-state index in [2.05, 4.69) is 15.8 Å². The van der Waals surface area contributed by atoms with E-state index in [0.717, 1.165) is 0 Å². The third-order valence-corrected chi connectivity index (χ3v) is 5.26. The zero-order valence-corrected chi connectivity index (χ0v) is 19.8. The number of hydrogen-bond donors (Lipinski definition) is 2. The molecule has 0 aliphatic carbocycles. The van der Waals surface area contributed by atoms with Crippen LogP contribution >= 0.6 is 23.2 Å². The van der Waals surface area contributed by atoms with E-state index in [9.17, 15) is 9.59 Å². The third kappa shape index (κ3) is 6.63. The number of nitrogens with one attached hydrogen (secondary N) is 2. The van der Waals surface area contributed by atoms with Crippen molar-refractivity contribution in [3.8, 4) is 17.2 Å². The number of hydrogen-bond acceptors (Lipinski definition) is 6. The summed E-state index contributed by atoms with van der Waals surface area (Å²) in [7, 11) is 3.03. The van der Waals surface area contributed by atoms with Gasteiger partial charge in [-0.2, -0.15) is 5.10 Å². The normalized spacial score (nSPS) is 10.6. The van der Waals surface area contributed by atoms with Crippen LogP contribution in [0.25, 0.3) is 0 Å². The summed E-state index contributed by atoms with van der Waals surface area (Å²) in [6.07, 6.45) is 1.37. The molecule has 176 valence electrons. The van der Waals surface area contributed by atoms with Crippen molar-refractivity contribution in [1.82, 2.24) is 5.43 Å². The first-order valence-electron chi connectivity index (χ1n) is 9.93. The van der Waals surface area contributed by atoms with Gasteiger partial charge in [0.15, 0.2) is 11.5 Å². The summed E-state index contributed by atoms with van der Waals surface area (Å²) >= 11 is 12.4. The zero-order chi connectivity index (χ0) is 24.5. The highest BCUT2D eigenvalue weighted by atomic mass is 35.5. The average molecular weight is 502 g/mol. The van der Waals surface area contributed by atoms with Crippen molar-refractivity contribution >= 4 is 46.9 Å². The largest absolute Gasteiger partial charge is 0.497 e. The van der Waals surface area contributed by atoms with Crippen molar-refractivity contribution in [2.75, 3.05) is 19.5 Å². The van der Waals surface area contributed by atoms with Gasteiger partial charge in [-0.05, 0) is 60.2 Å². The van der Waals surface area contributed by atoms with E-state index in [1.54, 1.807) is 60.7 Å². The first-order valence-corrected chi connectivity index (χ1v) is 10.7. The van der Waals surface area contributed by atoms with Crippen LogP contribution in [0.3, 0.4) is 0 Å². The van der Waals surface area contributed by atoms with Crippen LogP contribution in [0.1, 0.15) is 11.1 Å². The van der Waals surface area contributed by atoms with E-state index in [1.807, 2.05) is 0 Å². The van der Waals surface area contributed by atoms with Crippen LogP contribution in [0, 0.1) is 0 Å². The molecule has 3 aromatic rings. The quantitative estimate of drug-likeness (QED) is 0.265. The molecular formula is C24H21Cl2N3O5. The molecule has 2 N–H and O–H groups in total. The maximum atomic E-state index is 12.0. The molecule has 8 nitrogen and oxygen atoms in total. The third-order valence-electron chi connectivity index (χ3n) is 4.56. The Kier molecular flexibility index (Phi) is 8.73. The van der Waals surface area contributed by atoms with Crippen molar-refractivity contribution in [2.45, 2.75) is 6.61 Å². The fourth-order valence-electron chi connectivity index (χ4n) is 2.78. The highest BCUT2D eigenvalue weighted by Gasteiger charge is 2.13. The van der Waals surface area contributed by atoms with Crippen LogP contribution in [0.4, 0.5) is 5.69 Å². The Morgan fingerprint density at radius 3 is 2.26 bits per heavy atom. The maximum Gasteiger partial charge on any atom is 0.329 e. The summed E-state index contributed by atoms with van der Waals surface area (Å²) in [5.74, 6) is -0.238. The summed E-state index contributed by atoms with van der Waals surface area (Å²) in [5.41, 5.74) is 3.89. The first-order chi connectivity index (χ1) is 16.4. The number of halogens is 2. The number of hydrazone groups is 1. The number of amides is 2. The topological polar surface area (TPSA) is 98.2 Å². The van der Waals surface area contributed by atoms with Crippen LogP contribution in [0.15, 0.2) is 65.8 Å². The van der Waals surface area contributed by atoms with Gasteiger partial charge >= 0.3 is 11.8 Å². The average Bonchev–Trinajstić information content (AvgIpc) is 2.84. The van der Waals surface area contributed by atoms with Gasteiger partial charge in [-0.25, -0.2) is 5.43 Å². The predicted molar refractivity (Wildman–Crippen MR) is 131 cm³/mol. The fourth-order valence-corrected chi connectivity index (χ4v) is 3.29. The van der Waals surface area contributed by atoms with Gasteiger partial charge in [0.2, 0.25) is 0 Å². The second kappa shape index (κ2) is 11.9. The number of ether oxygens (including phenoxy) is 3. The summed E-state index contributed by atoms with van der Waals surface area (Å²) in [4.78, 5) is 24.0. The summed E-state index contributed by atoms with van der Waals surface area (Å²) in [6.45, 7) is 0.154. The van der Waals surface area contributed by atoms with Crippen molar-refractivity contribution in [1.29, 1.82) is 0 Å². The molecule has 0 radical (unpaired) electrons. The number of anilines is 1. The molecule has 0 aliphatic heterocycles. The van der Waals surface area contributed by atoms with E-state index in [1.165, 1.54) is 20.4 Å². The van der Waals surface area contributed by atoms with Crippen LogP contribution in [0.5, 0.6) is 17.2 Å². The van der Waals surface area contributed by atoms with Gasteiger partial charge in [0.25, 0.3) is 0 Å². The van der Waals surface area contributed by atoms with E-state index in [-0.39, 0.29) is 6.61 Å². The standard InChI is InChI=1S/C24H21Cl2N3O5/c1-32-17-9-7-16(8-10-17)28-23(30)24(31)29-27-13-15-6-11-21(22(12-15)33-2)34-14-18-19(25)4-3-5-20(18)26/h3-13H,14H2,1-2H3,(H,28,30)(H,29,31)/b27-13+. The number of methoxy groups -OCH3 is 2. The van der Waals surface area contributed by atoms with Crippen molar-refractivity contribution in [2.24, 2.45) is 5.10 Å². The van der Waals surface area contributed by atoms with Gasteiger partial charge in [-0.1, -0.05) is 29.3 Å². The molecule has 0 heterocycles. The molecule has 0 spiro atoms. The molecule has 0 aliphatic rings. The van der Waals surface area contributed by atoms with Crippen LogP contribution in [0.2, 0.25) is 10.0 Å². The second-order valence-corrected chi connectivity index (χ2v) is 7.60. The summed E-state index contributed by atoms with van der Waals surface area (Å²) < 4.78 is 16.2. The Morgan fingerprint density at radius 1 is 0.912 bits per heavy atom. The van der Waals surface area contributed by atoms with Gasteiger partial charge in [-0.3, -0.25) is 9.59 Å². The Morgan fingerprint density at radius 2 is 1.62 bits per heavy atom. The molecule has 0 aromatic heterocycles. The van der Waals surface area contributed by atoms with Crippen molar-refractivity contribution < 1.29 is 23.8 Å². The van der Waals surface area contributed by atoms with Gasteiger partial charge < -0.3 is 19.5 Å². The van der Waals surface area contributed by atoms with Crippen LogP contribution in [-0.2, 0) is 16.2 Å². The summed E-state index contributed by atoms with van der Waals surface area (Å²) in [5, 5.41) is 7.29. The molecule has 3 rings (SSSR count). The van der Waals surface area contributed by atoms with E-state index < -0.39 is 11.8 Å². The van der Waals surface area contributed by atoms with Crippen LogP contribution < -0.4 is 25.0 Å². The molecule has 0 atom stereocenters. The van der Waals surface area contributed by atoms with E-state index >= 15 is 0 Å². The fraction of sp³-hybridized carbons (Fsp3) is 0.125. The summed E-state index contributed by atoms with van der Waals surface area (Å²) in [6, 6.07) is 16.8. The highest BCUT2D eigenvalue weighted by Crippen LogP contribution is 2.31. The molecule has 0 unspecified atom stereocenters. The molecule has 0 saturated heterocycles. The SMILES string of the molecule is COc1ccc(NC(=O)C(=O)N/N=C/c2ccc(OCc3c(Cl)cccc3Cl)c(OC)c2)cc1. The number of carbonyl (C=O) groups excluding carboxylic acids is 2. The Labute approximate surface area is 206 Å². The van der Waals surface area contributed by atoms with Gasteiger partial charge in [0.1, 0.15) is 12.4 Å². The van der Waals surface area contributed by atoms with Gasteiger partial charge in [0, 0.05) is 21.3 Å². The van der Waals surface area contributed by atoms with E-state index in [0.29, 0.717) is 44.1 Å². The second-order valence-electron chi connectivity index (χ2n) is 6.78. The lowest BCUT2D eigenvalue weighted by Crippen LogP contribution is -2.32. The highest BCUT2D eigenvalue weighted by molar-refractivity contribution is 6.39. The molecule has 0 bridgehead atoms.